The zero-order valence-corrected chi connectivity index (χ0v) is 15.1. The van der Waals surface area contributed by atoms with Crippen molar-refractivity contribution in [2.24, 2.45) is 5.92 Å². The van der Waals surface area contributed by atoms with E-state index in [1.165, 1.54) is 17.7 Å². The van der Waals surface area contributed by atoms with Crippen LogP contribution in [0.4, 0.5) is 0 Å². The fourth-order valence-electron chi connectivity index (χ4n) is 2.88. The molecule has 2 aromatic rings. The van der Waals surface area contributed by atoms with Crippen LogP contribution < -0.4 is 10.5 Å². The molecule has 0 bridgehead atoms. The molecule has 112 valence electrons. The minimum Gasteiger partial charge on any atom is -0.329 e. The van der Waals surface area contributed by atoms with E-state index in [-0.39, 0.29) is 5.56 Å². The number of aromatic nitrogens is 2. The summed E-state index contributed by atoms with van der Waals surface area (Å²) in [5.74, 6) is 1.60. The third kappa shape index (κ3) is 3.38. The highest BCUT2D eigenvalue weighted by molar-refractivity contribution is 9.11. The highest BCUT2D eigenvalue weighted by atomic mass is 79.9. The molecule has 1 aliphatic heterocycles. The lowest BCUT2D eigenvalue weighted by molar-refractivity contribution is -0.920. The van der Waals surface area contributed by atoms with Crippen LogP contribution in [-0.2, 0) is 6.54 Å². The van der Waals surface area contributed by atoms with Crippen molar-refractivity contribution >= 4 is 42.8 Å². The number of H-pyrrole nitrogens is 1. The Morgan fingerprint density at radius 2 is 2.05 bits per heavy atom. The Hall–Kier alpha value is -0.720. The van der Waals surface area contributed by atoms with Gasteiger partial charge in [0.25, 0.3) is 5.56 Å². The first-order chi connectivity index (χ1) is 10.0. The second kappa shape index (κ2) is 6.18. The zero-order valence-electron chi connectivity index (χ0n) is 11.9. The van der Waals surface area contributed by atoms with Gasteiger partial charge in [0.15, 0.2) is 5.82 Å². The van der Waals surface area contributed by atoms with Crippen molar-refractivity contribution in [1.29, 1.82) is 0 Å². The van der Waals surface area contributed by atoms with Crippen molar-refractivity contribution in [1.82, 2.24) is 9.97 Å². The van der Waals surface area contributed by atoms with E-state index >= 15 is 0 Å². The predicted molar refractivity (Wildman–Crippen MR) is 90.6 cm³/mol. The van der Waals surface area contributed by atoms with E-state index in [9.17, 15) is 4.79 Å². The third-order valence-corrected chi connectivity index (χ3v) is 5.24. The summed E-state index contributed by atoms with van der Waals surface area (Å²) >= 11 is 6.90. The van der Waals surface area contributed by atoms with Gasteiger partial charge in [0.1, 0.15) is 6.54 Å². The molecule has 1 aromatic heterocycles. The standard InChI is InChI=1S/C15H17Br2N3O/c1-9-2-4-20(5-3-9)8-13-18-14-11(15(21)19-13)6-10(16)7-12(14)17/h6-7,9H,2-5,8H2,1H3,(H,18,19,21)/p+1. The first-order valence-corrected chi connectivity index (χ1v) is 8.83. The summed E-state index contributed by atoms with van der Waals surface area (Å²) in [7, 11) is 0. The molecule has 1 saturated heterocycles. The fourth-order valence-corrected chi connectivity index (χ4v) is 4.20. The van der Waals surface area contributed by atoms with E-state index in [0.717, 1.165) is 45.8 Å². The minimum absolute atomic E-state index is 0.0678. The van der Waals surface area contributed by atoms with Crippen molar-refractivity contribution in [3.8, 4) is 0 Å². The number of rotatable bonds is 2. The predicted octanol–water partition coefficient (Wildman–Crippen LogP) is 2.26. The molecule has 0 spiro atoms. The molecule has 0 amide bonds. The second-order valence-electron chi connectivity index (χ2n) is 5.91. The van der Waals surface area contributed by atoms with E-state index in [1.807, 2.05) is 12.1 Å². The van der Waals surface area contributed by atoms with Gasteiger partial charge in [-0.1, -0.05) is 22.9 Å². The summed E-state index contributed by atoms with van der Waals surface area (Å²) in [5, 5.41) is 0.613. The van der Waals surface area contributed by atoms with Gasteiger partial charge in [-0.05, 0) is 46.8 Å². The largest absolute Gasteiger partial charge is 0.329 e. The smallest absolute Gasteiger partial charge is 0.259 e. The minimum atomic E-state index is -0.0678. The Bertz CT molecular complexity index is 721. The van der Waals surface area contributed by atoms with Crippen LogP contribution in [0.5, 0.6) is 0 Å². The van der Waals surface area contributed by atoms with Gasteiger partial charge in [-0.15, -0.1) is 0 Å². The highest BCUT2D eigenvalue weighted by Gasteiger charge is 2.20. The molecule has 0 radical (unpaired) electrons. The zero-order chi connectivity index (χ0) is 15.0. The number of benzene rings is 1. The number of halogens is 2. The van der Waals surface area contributed by atoms with E-state index < -0.39 is 0 Å². The fraction of sp³-hybridized carbons (Fsp3) is 0.467. The molecule has 21 heavy (non-hydrogen) atoms. The van der Waals surface area contributed by atoms with Gasteiger partial charge in [-0.3, -0.25) is 4.79 Å². The van der Waals surface area contributed by atoms with Crippen molar-refractivity contribution in [3.63, 3.8) is 0 Å². The molecule has 0 aliphatic carbocycles. The molecular weight excluding hydrogens is 398 g/mol. The molecule has 0 atom stereocenters. The van der Waals surface area contributed by atoms with Crippen LogP contribution in [0.1, 0.15) is 25.6 Å². The van der Waals surface area contributed by atoms with Crippen molar-refractivity contribution < 1.29 is 4.90 Å². The molecule has 2 N–H and O–H groups in total. The molecule has 1 aliphatic rings. The summed E-state index contributed by atoms with van der Waals surface area (Å²) in [5.41, 5.74) is 0.670. The van der Waals surface area contributed by atoms with Crippen molar-refractivity contribution in [2.45, 2.75) is 26.3 Å². The molecular formula is C15H18Br2N3O+. The second-order valence-corrected chi connectivity index (χ2v) is 7.68. The molecule has 3 rings (SSSR count). The van der Waals surface area contributed by atoms with E-state index in [0.29, 0.717) is 5.39 Å². The number of aromatic amines is 1. The molecule has 4 nitrogen and oxygen atoms in total. The van der Waals surface area contributed by atoms with Crippen molar-refractivity contribution in [3.05, 3.63) is 37.3 Å². The number of fused-ring (bicyclic) bond motifs is 1. The summed E-state index contributed by atoms with van der Waals surface area (Å²) in [4.78, 5) is 21.3. The van der Waals surface area contributed by atoms with Crippen LogP contribution in [0.3, 0.4) is 0 Å². The topological polar surface area (TPSA) is 50.2 Å². The first kappa shape index (κ1) is 15.2. The van der Waals surface area contributed by atoms with Crippen LogP contribution in [0.25, 0.3) is 10.9 Å². The number of nitrogens with one attached hydrogen (secondary N) is 2. The molecule has 6 heteroatoms. The van der Waals surface area contributed by atoms with Gasteiger partial charge < -0.3 is 9.88 Å². The Labute approximate surface area is 140 Å². The monoisotopic (exact) mass is 414 g/mol. The van der Waals surface area contributed by atoms with E-state index in [4.69, 9.17) is 0 Å². The number of likely N-dealkylation sites (tertiary alicyclic amines) is 1. The first-order valence-electron chi connectivity index (χ1n) is 7.24. The molecule has 1 fully saturated rings. The summed E-state index contributed by atoms with van der Waals surface area (Å²) in [6, 6.07) is 3.74. The van der Waals surface area contributed by atoms with Crippen LogP contribution >= 0.6 is 31.9 Å². The Morgan fingerprint density at radius 3 is 2.76 bits per heavy atom. The van der Waals surface area contributed by atoms with Gasteiger partial charge in [0.05, 0.1) is 24.0 Å². The summed E-state index contributed by atoms with van der Waals surface area (Å²) in [6.07, 6.45) is 2.51. The average molecular weight is 416 g/mol. The maximum atomic E-state index is 12.3. The quantitative estimate of drug-likeness (QED) is 0.790. The van der Waals surface area contributed by atoms with Crippen LogP contribution in [0.15, 0.2) is 25.9 Å². The number of hydrogen-bond donors (Lipinski definition) is 2. The molecule has 0 unspecified atom stereocenters. The molecule has 0 saturated carbocycles. The lowest BCUT2D eigenvalue weighted by atomic mass is 9.99. The number of quaternary nitrogens is 1. The Balaban J connectivity index is 1.92. The van der Waals surface area contributed by atoms with Crippen molar-refractivity contribution in [2.75, 3.05) is 13.1 Å². The average Bonchev–Trinajstić information content (AvgIpc) is 2.43. The van der Waals surface area contributed by atoms with Gasteiger partial charge >= 0.3 is 0 Å². The highest BCUT2D eigenvalue weighted by Crippen LogP contribution is 2.24. The normalized spacial score (nSPS) is 22.6. The SMILES string of the molecule is CC1CC[NH+](Cc2nc3c(Br)cc(Br)cc3c(=O)[nH]2)CC1. The van der Waals surface area contributed by atoms with E-state index in [1.54, 1.807) is 0 Å². The lowest BCUT2D eigenvalue weighted by Crippen LogP contribution is -3.11. The number of hydrogen-bond acceptors (Lipinski definition) is 2. The maximum absolute atomic E-state index is 12.3. The maximum Gasteiger partial charge on any atom is 0.259 e. The summed E-state index contributed by atoms with van der Waals surface area (Å²) in [6.45, 7) is 5.41. The van der Waals surface area contributed by atoms with Crippen LogP contribution in [-0.4, -0.2) is 23.1 Å². The molecule has 1 aromatic carbocycles. The van der Waals surface area contributed by atoms with E-state index in [2.05, 4.69) is 48.8 Å². The van der Waals surface area contributed by atoms with Gasteiger partial charge in [-0.2, -0.15) is 0 Å². The van der Waals surface area contributed by atoms with Gasteiger partial charge in [-0.25, -0.2) is 4.98 Å². The Kier molecular flexibility index (Phi) is 4.47. The number of nitrogens with zero attached hydrogens (tertiary/aromatic N) is 1. The van der Waals surface area contributed by atoms with Gasteiger partial charge in [0, 0.05) is 8.95 Å². The third-order valence-electron chi connectivity index (χ3n) is 4.18. The van der Waals surface area contributed by atoms with Crippen LogP contribution in [0, 0.1) is 5.92 Å². The Morgan fingerprint density at radius 1 is 1.33 bits per heavy atom. The summed E-state index contributed by atoms with van der Waals surface area (Å²) < 4.78 is 1.72. The molecule has 2 heterocycles. The number of piperidine rings is 1. The lowest BCUT2D eigenvalue weighted by Gasteiger charge is -2.26. The van der Waals surface area contributed by atoms with Gasteiger partial charge in [0.2, 0.25) is 0 Å². The van der Waals surface area contributed by atoms with Crippen LogP contribution in [0.2, 0.25) is 0 Å².